The third-order valence-corrected chi connectivity index (χ3v) is 2.16. The average Bonchev–Trinajstić information content (AvgIpc) is 2.26. The maximum atomic E-state index is 8.80. The topological polar surface area (TPSA) is 62.3 Å². The number of nitrogens with zero attached hydrogens (tertiary/aromatic N) is 2. The molecule has 0 aliphatic carbocycles. The second-order valence-corrected chi connectivity index (χ2v) is 3.87. The highest BCUT2D eigenvalue weighted by molar-refractivity contribution is 5.56. The van der Waals surface area contributed by atoms with E-state index in [1.54, 1.807) is 18.2 Å². The number of nitriles is 1. The van der Waals surface area contributed by atoms with Crippen molar-refractivity contribution in [3.8, 4) is 11.8 Å². The minimum Gasteiger partial charge on any atom is -0.493 e. The van der Waals surface area contributed by atoms with E-state index >= 15 is 0 Å². The molecule has 16 heavy (non-hydrogen) atoms. The van der Waals surface area contributed by atoms with Gasteiger partial charge in [-0.3, -0.25) is 0 Å². The number of hydrogen-bond donors (Lipinski definition) is 1. The van der Waals surface area contributed by atoms with Gasteiger partial charge >= 0.3 is 0 Å². The smallest absolute Gasteiger partial charge is 0.120 e. The molecule has 0 saturated heterocycles. The molecule has 0 bridgehead atoms. The van der Waals surface area contributed by atoms with E-state index < -0.39 is 0 Å². The molecule has 0 fully saturated rings. The zero-order chi connectivity index (χ0) is 12.0. The number of benzene rings is 1. The molecule has 0 unspecified atom stereocenters. The van der Waals surface area contributed by atoms with Crippen LogP contribution in [-0.4, -0.2) is 32.1 Å². The van der Waals surface area contributed by atoms with Crippen molar-refractivity contribution in [2.75, 3.05) is 33.0 Å². The summed E-state index contributed by atoms with van der Waals surface area (Å²) in [7, 11) is 4.05. The molecule has 0 spiro atoms. The highest BCUT2D eigenvalue weighted by Crippen LogP contribution is 2.18. The van der Waals surface area contributed by atoms with E-state index in [1.807, 2.05) is 20.2 Å². The normalized spacial score (nSPS) is 10.1. The molecule has 0 aliphatic heterocycles. The van der Waals surface area contributed by atoms with E-state index in [9.17, 15) is 0 Å². The van der Waals surface area contributed by atoms with Crippen LogP contribution in [0.4, 0.5) is 5.69 Å². The van der Waals surface area contributed by atoms with Crippen molar-refractivity contribution in [1.29, 1.82) is 5.26 Å². The van der Waals surface area contributed by atoms with E-state index in [2.05, 4.69) is 4.90 Å². The minimum atomic E-state index is 0.463. The van der Waals surface area contributed by atoms with Gasteiger partial charge < -0.3 is 15.4 Å². The van der Waals surface area contributed by atoms with Crippen molar-refractivity contribution in [1.82, 2.24) is 4.90 Å². The Labute approximate surface area is 96.2 Å². The van der Waals surface area contributed by atoms with Crippen molar-refractivity contribution in [2.45, 2.75) is 6.42 Å². The number of nitrogens with two attached hydrogens (primary N) is 1. The number of ether oxygens (including phenoxy) is 1. The Morgan fingerprint density at radius 2 is 2.19 bits per heavy atom. The summed E-state index contributed by atoms with van der Waals surface area (Å²) in [5, 5.41) is 8.80. The molecule has 0 amide bonds. The van der Waals surface area contributed by atoms with Crippen LogP contribution in [-0.2, 0) is 0 Å². The number of rotatable bonds is 5. The van der Waals surface area contributed by atoms with E-state index in [-0.39, 0.29) is 0 Å². The van der Waals surface area contributed by atoms with Gasteiger partial charge in [0.2, 0.25) is 0 Å². The maximum Gasteiger partial charge on any atom is 0.120 e. The monoisotopic (exact) mass is 219 g/mol. The first kappa shape index (κ1) is 12.3. The second-order valence-electron chi connectivity index (χ2n) is 3.87. The van der Waals surface area contributed by atoms with Crippen molar-refractivity contribution >= 4 is 5.69 Å². The van der Waals surface area contributed by atoms with Crippen LogP contribution in [0.15, 0.2) is 18.2 Å². The van der Waals surface area contributed by atoms with Gasteiger partial charge in [-0.05, 0) is 38.7 Å². The molecule has 0 aromatic heterocycles. The number of hydrogen-bond acceptors (Lipinski definition) is 4. The van der Waals surface area contributed by atoms with Crippen molar-refractivity contribution in [2.24, 2.45) is 0 Å². The molecule has 0 radical (unpaired) electrons. The predicted molar refractivity (Wildman–Crippen MR) is 64.2 cm³/mol. The van der Waals surface area contributed by atoms with Gasteiger partial charge in [0.1, 0.15) is 11.8 Å². The van der Waals surface area contributed by atoms with Crippen LogP contribution in [0.25, 0.3) is 0 Å². The molecule has 1 rings (SSSR count). The Kier molecular flexibility index (Phi) is 4.62. The maximum absolute atomic E-state index is 8.80. The Hall–Kier alpha value is -1.73. The van der Waals surface area contributed by atoms with Crippen molar-refractivity contribution in [3.63, 3.8) is 0 Å². The molecule has 0 aliphatic rings. The van der Waals surface area contributed by atoms with Gasteiger partial charge in [-0.2, -0.15) is 5.26 Å². The summed E-state index contributed by atoms with van der Waals surface area (Å²) in [6.45, 7) is 1.63. The zero-order valence-corrected chi connectivity index (χ0v) is 9.73. The van der Waals surface area contributed by atoms with Gasteiger partial charge in [-0.15, -0.1) is 0 Å². The number of anilines is 1. The molecule has 2 N–H and O–H groups in total. The molecule has 4 heteroatoms. The largest absolute Gasteiger partial charge is 0.493 e. The summed E-state index contributed by atoms with van der Waals surface area (Å²) >= 11 is 0. The standard InChI is InChI=1S/C12H17N3O/c1-15(2)6-3-7-16-11-4-5-12(14)10(8-11)9-13/h4-5,8H,3,6-7,14H2,1-2H3. The predicted octanol–water partition coefficient (Wildman–Crippen LogP) is 1.47. The first-order chi connectivity index (χ1) is 7.63. The molecule has 4 nitrogen and oxygen atoms in total. The van der Waals surface area contributed by atoms with Crippen LogP contribution >= 0.6 is 0 Å². The van der Waals surface area contributed by atoms with Gasteiger partial charge in [-0.25, -0.2) is 0 Å². The lowest BCUT2D eigenvalue weighted by molar-refractivity contribution is 0.281. The van der Waals surface area contributed by atoms with Gasteiger partial charge in [-0.1, -0.05) is 0 Å². The van der Waals surface area contributed by atoms with E-state index in [0.29, 0.717) is 23.6 Å². The SMILES string of the molecule is CN(C)CCCOc1ccc(N)c(C#N)c1. The van der Waals surface area contributed by atoms with Crippen LogP contribution in [0.3, 0.4) is 0 Å². The van der Waals surface area contributed by atoms with Crippen LogP contribution in [0.1, 0.15) is 12.0 Å². The quantitative estimate of drug-likeness (QED) is 0.601. The summed E-state index contributed by atoms with van der Waals surface area (Å²) in [5.74, 6) is 0.699. The molecule has 0 saturated carbocycles. The summed E-state index contributed by atoms with van der Waals surface area (Å²) in [6, 6.07) is 7.18. The Morgan fingerprint density at radius 1 is 1.44 bits per heavy atom. The first-order valence-electron chi connectivity index (χ1n) is 5.20. The average molecular weight is 219 g/mol. The van der Waals surface area contributed by atoms with Crippen LogP contribution in [0.2, 0.25) is 0 Å². The molecule has 86 valence electrons. The lowest BCUT2D eigenvalue weighted by Crippen LogP contribution is -2.15. The summed E-state index contributed by atoms with van der Waals surface area (Å²) in [4.78, 5) is 2.10. The Bertz CT molecular complexity index is 382. The van der Waals surface area contributed by atoms with Gasteiger partial charge in [0.25, 0.3) is 0 Å². The molecule has 0 atom stereocenters. The van der Waals surface area contributed by atoms with Crippen LogP contribution in [0, 0.1) is 11.3 Å². The van der Waals surface area contributed by atoms with E-state index in [4.69, 9.17) is 15.7 Å². The number of nitrogen functional groups attached to an aromatic ring is 1. The summed E-state index contributed by atoms with van der Waals surface area (Å²) in [6.07, 6.45) is 0.958. The summed E-state index contributed by atoms with van der Waals surface area (Å²) in [5.41, 5.74) is 6.56. The minimum absolute atomic E-state index is 0.463. The fraction of sp³-hybridized carbons (Fsp3) is 0.417. The van der Waals surface area contributed by atoms with Crippen LogP contribution in [0.5, 0.6) is 5.75 Å². The highest BCUT2D eigenvalue weighted by atomic mass is 16.5. The first-order valence-corrected chi connectivity index (χ1v) is 5.20. The highest BCUT2D eigenvalue weighted by Gasteiger charge is 2.01. The molecular formula is C12H17N3O. The lowest BCUT2D eigenvalue weighted by Gasteiger charge is -2.10. The van der Waals surface area contributed by atoms with Gasteiger partial charge in [0, 0.05) is 12.2 Å². The third kappa shape index (κ3) is 3.79. The molecule has 0 heterocycles. The molecule has 1 aromatic rings. The van der Waals surface area contributed by atoms with E-state index in [0.717, 1.165) is 13.0 Å². The van der Waals surface area contributed by atoms with Gasteiger partial charge in [0.05, 0.1) is 12.2 Å². The Morgan fingerprint density at radius 3 is 2.81 bits per heavy atom. The van der Waals surface area contributed by atoms with Gasteiger partial charge in [0.15, 0.2) is 0 Å². The zero-order valence-electron chi connectivity index (χ0n) is 9.73. The Balaban J connectivity index is 2.46. The summed E-state index contributed by atoms with van der Waals surface area (Å²) < 4.78 is 5.52. The fourth-order valence-electron chi connectivity index (χ4n) is 1.29. The molecular weight excluding hydrogens is 202 g/mol. The van der Waals surface area contributed by atoms with Crippen LogP contribution < -0.4 is 10.5 Å². The lowest BCUT2D eigenvalue weighted by atomic mass is 10.2. The third-order valence-electron chi connectivity index (χ3n) is 2.16. The fourth-order valence-corrected chi connectivity index (χ4v) is 1.29. The second kappa shape index (κ2) is 5.99. The van der Waals surface area contributed by atoms with E-state index in [1.165, 1.54) is 0 Å². The van der Waals surface area contributed by atoms with Crippen molar-refractivity contribution < 1.29 is 4.74 Å². The van der Waals surface area contributed by atoms with Crippen molar-refractivity contribution in [3.05, 3.63) is 23.8 Å². The molecule has 1 aromatic carbocycles.